The number of carbonyl (C=O) groups excluding carboxylic acids is 1. The molecule has 1 saturated carbocycles. The molecule has 0 saturated heterocycles. The molecule has 0 bridgehead atoms. The van der Waals surface area contributed by atoms with Crippen LogP contribution in [0.3, 0.4) is 0 Å². The number of amides is 2. The minimum atomic E-state index is -0.256. The van der Waals surface area contributed by atoms with Gasteiger partial charge < -0.3 is 10.1 Å². The summed E-state index contributed by atoms with van der Waals surface area (Å²) in [4.78, 5) is 25.3. The van der Waals surface area contributed by atoms with Crippen molar-refractivity contribution in [2.24, 2.45) is 5.41 Å². The van der Waals surface area contributed by atoms with Crippen LogP contribution in [0.25, 0.3) is 0 Å². The fourth-order valence-electron chi connectivity index (χ4n) is 5.04. The second-order valence-electron chi connectivity index (χ2n) is 10.1. The smallest absolute Gasteiger partial charge is 0.321 e. The molecule has 0 aliphatic heterocycles. The van der Waals surface area contributed by atoms with Gasteiger partial charge in [0.05, 0.1) is 18.1 Å². The Morgan fingerprint density at radius 2 is 1.89 bits per heavy atom. The summed E-state index contributed by atoms with van der Waals surface area (Å²) in [6, 6.07) is 8.60. The van der Waals surface area contributed by atoms with Gasteiger partial charge in [-0.3, -0.25) is 9.80 Å². The van der Waals surface area contributed by atoms with E-state index in [2.05, 4.69) is 27.1 Å². The summed E-state index contributed by atoms with van der Waals surface area (Å²) in [6.45, 7) is 3.87. The first-order valence-electron chi connectivity index (χ1n) is 12.4. The highest BCUT2D eigenvalue weighted by Gasteiger charge is 2.44. The van der Waals surface area contributed by atoms with Gasteiger partial charge in [-0.1, -0.05) is 19.1 Å². The topological polar surface area (TPSA) is 94.4 Å². The number of hydrogen-bond acceptors (Lipinski definition) is 6. The Bertz CT molecular complexity index is 1040. The molecule has 1 aliphatic carbocycles. The number of rotatable bonds is 10. The van der Waals surface area contributed by atoms with E-state index in [1.807, 2.05) is 26.2 Å². The highest BCUT2D eigenvalue weighted by atomic mass is 19.1. The fourth-order valence-corrected chi connectivity index (χ4v) is 5.04. The Labute approximate surface area is 213 Å². The van der Waals surface area contributed by atoms with Crippen molar-refractivity contribution in [2.45, 2.75) is 51.0 Å². The fraction of sp³-hybridized carbons (Fsp3) is 0.556. The molecule has 0 radical (unpaired) electrons. The van der Waals surface area contributed by atoms with Gasteiger partial charge in [0.1, 0.15) is 11.9 Å². The molecule has 2 amide bonds. The van der Waals surface area contributed by atoms with Crippen LogP contribution < -0.4 is 10.2 Å². The monoisotopic (exact) mass is 496 g/mol. The number of nitriles is 1. The van der Waals surface area contributed by atoms with Gasteiger partial charge in [-0.05, 0) is 75.7 Å². The predicted molar refractivity (Wildman–Crippen MR) is 137 cm³/mol. The number of nitrogens with one attached hydrogen (secondary N) is 1. The quantitative estimate of drug-likeness (QED) is 0.488. The lowest BCUT2D eigenvalue weighted by atomic mass is 9.65. The number of methoxy groups -OCH3 is 1. The molecule has 8 nitrogen and oxygen atoms in total. The van der Waals surface area contributed by atoms with Crippen LogP contribution in [0.5, 0.6) is 0 Å². The summed E-state index contributed by atoms with van der Waals surface area (Å²) in [5, 5.41) is 12.1. The van der Waals surface area contributed by atoms with Gasteiger partial charge in [-0.25, -0.2) is 19.2 Å². The minimum Gasteiger partial charge on any atom is -0.385 e. The second-order valence-corrected chi connectivity index (χ2v) is 10.1. The Balaban J connectivity index is 1.77. The number of carbonyl (C=O) groups is 1. The number of anilines is 1. The van der Waals surface area contributed by atoms with Crippen LogP contribution in [0.4, 0.5) is 14.9 Å². The van der Waals surface area contributed by atoms with Gasteiger partial charge in [0.2, 0.25) is 5.82 Å². The number of aromatic nitrogens is 2. The van der Waals surface area contributed by atoms with Crippen molar-refractivity contribution < 1.29 is 13.9 Å². The Kier molecular flexibility index (Phi) is 9.35. The Morgan fingerprint density at radius 1 is 1.19 bits per heavy atom. The molecule has 0 unspecified atom stereocenters. The van der Waals surface area contributed by atoms with E-state index >= 15 is 0 Å². The summed E-state index contributed by atoms with van der Waals surface area (Å²) in [6.07, 6.45) is 8.13. The first-order valence-corrected chi connectivity index (χ1v) is 12.4. The third-order valence-corrected chi connectivity index (χ3v) is 7.39. The van der Waals surface area contributed by atoms with Crippen LogP contribution in [0.15, 0.2) is 36.7 Å². The molecule has 0 atom stereocenters. The van der Waals surface area contributed by atoms with Crippen LogP contribution >= 0.6 is 0 Å². The molecule has 9 heteroatoms. The molecule has 1 aromatic heterocycles. The van der Waals surface area contributed by atoms with Crippen LogP contribution in [0, 0.1) is 22.6 Å². The van der Waals surface area contributed by atoms with E-state index in [0.29, 0.717) is 25.4 Å². The second kappa shape index (κ2) is 12.2. The number of hydrogen-bond donors (Lipinski definition) is 1. The number of urea groups is 1. The molecule has 3 rings (SSSR count). The van der Waals surface area contributed by atoms with Crippen molar-refractivity contribution in [1.29, 1.82) is 5.26 Å². The average Bonchev–Trinajstić information content (AvgIpc) is 2.87. The number of ether oxygens (including phenoxy) is 1. The number of nitrogens with zero attached hydrogens (tertiary/aromatic N) is 5. The maximum Gasteiger partial charge on any atom is 0.321 e. The molecule has 1 heterocycles. The summed E-state index contributed by atoms with van der Waals surface area (Å²) >= 11 is 0. The average molecular weight is 497 g/mol. The number of unbranched alkanes of at least 4 members (excludes halogenated alkanes) is 1. The molecule has 36 heavy (non-hydrogen) atoms. The first kappa shape index (κ1) is 27.5. The van der Waals surface area contributed by atoms with Gasteiger partial charge >= 0.3 is 6.03 Å². The van der Waals surface area contributed by atoms with E-state index in [4.69, 9.17) is 10.00 Å². The van der Waals surface area contributed by atoms with Crippen molar-refractivity contribution in [3.63, 3.8) is 0 Å². The van der Waals surface area contributed by atoms with E-state index in [0.717, 1.165) is 44.1 Å². The third kappa shape index (κ3) is 6.56. The Morgan fingerprint density at radius 3 is 2.47 bits per heavy atom. The standard InChI is InChI=1S/C27H37FN6O2/c1-26(10-12-27(13-11-26,33(2)3)21-8-7-9-22(28)16-21)20-34(23-18-31-24(17-29)32-19-23)25(35)30-14-5-6-15-36-4/h7-9,16,18-19H,5-6,10-15,20H2,1-4H3,(H,30,35)/t26-,27-. The highest BCUT2D eigenvalue weighted by molar-refractivity contribution is 5.91. The molecule has 1 aromatic carbocycles. The maximum atomic E-state index is 14.1. The van der Waals surface area contributed by atoms with Gasteiger partial charge in [0.25, 0.3) is 0 Å². The molecule has 1 N–H and O–H groups in total. The molecule has 1 fully saturated rings. The van der Waals surface area contributed by atoms with Crippen molar-refractivity contribution in [1.82, 2.24) is 20.2 Å². The third-order valence-electron chi connectivity index (χ3n) is 7.39. The van der Waals surface area contributed by atoms with E-state index in [1.165, 1.54) is 18.5 Å². The zero-order valence-corrected chi connectivity index (χ0v) is 21.8. The molecule has 0 spiro atoms. The zero-order chi connectivity index (χ0) is 26.2. The van der Waals surface area contributed by atoms with E-state index in [9.17, 15) is 9.18 Å². The van der Waals surface area contributed by atoms with Crippen LogP contribution in [0.1, 0.15) is 56.8 Å². The summed E-state index contributed by atoms with van der Waals surface area (Å²) in [7, 11) is 5.76. The first-order chi connectivity index (χ1) is 17.2. The summed E-state index contributed by atoms with van der Waals surface area (Å²) in [5.74, 6) is -0.162. The normalized spacial score (nSPS) is 21.7. The van der Waals surface area contributed by atoms with E-state index < -0.39 is 0 Å². The van der Waals surface area contributed by atoms with Gasteiger partial charge in [0.15, 0.2) is 0 Å². The van der Waals surface area contributed by atoms with Gasteiger partial charge in [-0.2, -0.15) is 5.26 Å². The number of halogens is 1. The largest absolute Gasteiger partial charge is 0.385 e. The lowest BCUT2D eigenvalue weighted by molar-refractivity contribution is 0.0456. The molecular formula is C27H37FN6O2. The SMILES string of the molecule is COCCCCNC(=O)N(C[C@]1(C)CC[C@@](c2cccc(F)c2)(N(C)C)CC1)c1cnc(C#N)nc1. The van der Waals surface area contributed by atoms with Crippen molar-refractivity contribution in [3.05, 3.63) is 53.9 Å². The molecule has 1 aliphatic rings. The zero-order valence-electron chi connectivity index (χ0n) is 21.8. The van der Waals surface area contributed by atoms with Crippen LogP contribution in [-0.4, -0.2) is 61.8 Å². The lowest BCUT2D eigenvalue weighted by Gasteiger charge is -2.50. The van der Waals surface area contributed by atoms with E-state index in [-0.39, 0.29) is 28.6 Å². The van der Waals surface area contributed by atoms with E-state index in [1.54, 1.807) is 24.1 Å². The van der Waals surface area contributed by atoms with Crippen LogP contribution in [-0.2, 0) is 10.3 Å². The Hall–Kier alpha value is -3.09. The van der Waals surface area contributed by atoms with Crippen molar-refractivity contribution in [2.75, 3.05) is 45.8 Å². The van der Waals surface area contributed by atoms with Crippen molar-refractivity contribution >= 4 is 11.7 Å². The molecular weight excluding hydrogens is 459 g/mol. The molecule has 194 valence electrons. The van der Waals surface area contributed by atoms with Gasteiger partial charge in [-0.15, -0.1) is 0 Å². The predicted octanol–water partition coefficient (Wildman–Crippen LogP) is 4.47. The van der Waals surface area contributed by atoms with Crippen LogP contribution in [0.2, 0.25) is 0 Å². The maximum absolute atomic E-state index is 14.1. The highest BCUT2D eigenvalue weighted by Crippen LogP contribution is 2.48. The van der Waals surface area contributed by atoms with Gasteiger partial charge in [0, 0.05) is 32.3 Å². The van der Waals surface area contributed by atoms with Crippen molar-refractivity contribution in [3.8, 4) is 6.07 Å². The lowest BCUT2D eigenvalue weighted by Crippen LogP contribution is -2.51. The summed E-state index contributed by atoms with van der Waals surface area (Å²) < 4.78 is 19.2. The number of benzene rings is 1. The summed E-state index contributed by atoms with van der Waals surface area (Å²) in [5.41, 5.74) is 1.13. The molecule has 2 aromatic rings. The minimum absolute atomic E-state index is 0.0633.